The number of carbonyl (C=O) groups excluding carboxylic acids is 1. The van der Waals surface area contributed by atoms with E-state index in [1.54, 1.807) is 12.1 Å². The van der Waals surface area contributed by atoms with Gasteiger partial charge in [0.05, 0.1) is 17.3 Å². The van der Waals surface area contributed by atoms with Crippen LogP contribution in [0.2, 0.25) is 0 Å². The molecular formula is C15H16N2O2. The van der Waals surface area contributed by atoms with E-state index in [0.717, 1.165) is 17.0 Å². The molecule has 1 saturated carbocycles. The molecule has 0 amide bonds. The summed E-state index contributed by atoms with van der Waals surface area (Å²) in [5.74, 6) is 1.29. The number of esters is 1. The molecule has 98 valence electrons. The summed E-state index contributed by atoms with van der Waals surface area (Å²) < 4.78 is 7.18. The second-order valence-electron chi connectivity index (χ2n) is 4.87. The van der Waals surface area contributed by atoms with Crippen LogP contribution in [0.5, 0.6) is 0 Å². The van der Waals surface area contributed by atoms with Crippen LogP contribution in [0, 0.1) is 6.92 Å². The zero-order chi connectivity index (χ0) is 13.4. The molecule has 4 heteroatoms. The van der Waals surface area contributed by atoms with Gasteiger partial charge in [-0.25, -0.2) is 9.78 Å². The molecule has 2 aromatic heterocycles. The van der Waals surface area contributed by atoms with Gasteiger partial charge in [0.25, 0.3) is 0 Å². The lowest BCUT2D eigenvalue weighted by molar-refractivity contribution is 0.0548. The van der Waals surface area contributed by atoms with Gasteiger partial charge in [-0.15, -0.1) is 0 Å². The van der Waals surface area contributed by atoms with Crippen molar-refractivity contribution in [3.63, 3.8) is 0 Å². The van der Waals surface area contributed by atoms with Crippen molar-refractivity contribution < 1.29 is 9.53 Å². The number of fused-ring (bicyclic) bond motifs is 1. The molecule has 2 aromatic rings. The van der Waals surface area contributed by atoms with E-state index in [9.17, 15) is 4.79 Å². The van der Waals surface area contributed by atoms with Crippen LogP contribution in [-0.2, 0) is 4.74 Å². The van der Waals surface area contributed by atoms with Crippen LogP contribution in [0.3, 0.4) is 0 Å². The predicted octanol–water partition coefficient (Wildman–Crippen LogP) is 2.86. The lowest BCUT2D eigenvalue weighted by atomic mass is 10.2. The zero-order valence-electron chi connectivity index (χ0n) is 10.9. The lowest BCUT2D eigenvalue weighted by Crippen LogP contribution is -2.10. The second kappa shape index (κ2) is 4.53. The molecule has 0 unspecified atom stereocenters. The number of carbonyl (C=O) groups is 1. The van der Waals surface area contributed by atoms with Crippen molar-refractivity contribution in [1.29, 1.82) is 0 Å². The number of ether oxygens (including phenoxy) is 1. The molecule has 0 aliphatic heterocycles. The van der Waals surface area contributed by atoms with E-state index >= 15 is 0 Å². The van der Waals surface area contributed by atoms with Crippen molar-refractivity contribution in [3.8, 4) is 0 Å². The Morgan fingerprint density at radius 3 is 3.05 bits per heavy atom. The molecule has 19 heavy (non-hydrogen) atoms. The smallest absolute Gasteiger partial charge is 0.340 e. The average Bonchev–Trinajstić information content (AvgIpc) is 3.16. The van der Waals surface area contributed by atoms with E-state index in [2.05, 4.69) is 16.0 Å². The zero-order valence-corrected chi connectivity index (χ0v) is 10.9. The molecule has 0 saturated heterocycles. The summed E-state index contributed by atoms with van der Waals surface area (Å²) in [5.41, 5.74) is 2.51. The highest BCUT2D eigenvalue weighted by atomic mass is 16.5. The molecule has 0 radical (unpaired) electrons. The molecule has 4 nitrogen and oxygen atoms in total. The third kappa shape index (κ3) is 2.03. The maximum absolute atomic E-state index is 12.0. The van der Waals surface area contributed by atoms with E-state index in [-0.39, 0.29) is 12.6 Å². The minimum Gasteiger partial charge on any atom is -0.458 e. The van der Waals surface area contributed by atoms with Crippen LogP contribution < -0.4 is 0 Å². The number of rotatable bonds is 4. The average molecular weight is 256 g/mol. The summed E-state index contributed by atoms with van der Waals surface area (Å²) in [6.07, 6.45) is 5.80. The van der Waals surface area contributed by atoms with Gasteiger partial charge < -0.3 is 4.74 Å². The van der Waals surface area contributed by atoms with Crippen molar-refractivity contribution in [2.24, 2.45) is 0 Å². The first kappa shape index (κ1) is 12.0. The van der Waals surface area contributed by atoms with Crippen molar-refractivity contribution in [2.75, 3.05) is 6.61 Å². The van der Waals surface area contributed by atoms with Crippen LogP contribution >= 0.6 is 0 Å². The van der Waals surface area contributed by atoms with Gasteiger partial charge in [0.2, 0.25) is 0 Å². The Kier molecular flexibility index (Phi) is 2.85. The summed E-state index contributed by atoms with van der Waals surface area (Å²) in [7, 11) is 0. The summed E-state index contributed by atoms with van der Waals surface area (Å²) >= 11 is 0. The fourth-order valence-electron chi connectivity index (χ4n) is 2.33. The largest absolute Gasteiger partial charge is 0.458 e. The molecule has 0 spiro atoms. The highest BCUT2D eigenvalue weighted by molar-refractivity contribution is 5.91. The van der Waals surface area contributed by atoms with Gasteiger partial charge in [-0.2, -0.15) is 0 Å². The van der Waals surface area contributed by atoms with E-state index in [4.69, 9.17) is 4.74 Å². The fourth-order valence-corrected chi connectivity index (χ4v) is 2.33. The van der Waals surface area contributed by atoms with Gasteiger partial charge in [-0.1, -0.05) is 12.7 Å². The molecular weight excluding hydrogens is 240 g/mol. The Labute approximate surface area is 111 Å². The first-order valence-electron chi connectivity index (χ1n) is 6.47. The summed E-state index contributed by atoms with van der Waals surface area (Å²) in [6, 6.07) is 3.71. The third-order valence-corrected chi connectivity index (χ3v) is 3.46. The number of pyridine rings is 1. The Bertz CT molecular complexity index is 653. The molecule has 0 atom stereocenters. The standard InChI is InChI=1S/C15H16N2O2/c1-3-8-19-15(18)13-7-6-12-9-16-14(11-4-5-11)17(12)10(13)2/h3,6-7,9,11H,1,4-5,8H2,2H3. The van der Waals surface area contributed by atoms with Crippen LogP contribution in [0.15, 0.2) is 31.0 Å². The summed E-state index contributed by atoms with van der Waals surface area (Å²) in [6.45, 7) is 5.71. The van der Waals surface area contributed by atoms with E-state index in [1.807, 2.05) is 19.2 Å². The SMILES string of the molecule is C=CCOC(=O)c1ccc2cnc(C3CC3)n2c1C. The van der Waals surface area contributed by atoms with Crippen molar-refractivity contribution >= 4 is 11.5 Å². The van der Waals surface area contributed by atoms with Gasteiger partial charge in [-0.3, -0.25) is 4.40 Å². The highest BCUT2D eigenvalue weighted by Gasteiger charge is 2.29. The minimum atomic E-state index is -0.310. The molecule has 3 rings (SSSR count). The molecule has 1 aliphatic carbocycles. The van der Waals surface area contributed by atoms with Crippen LogP contribution in [0.25, 0.3) is 5.52 Å². The highest BCUT2D eigenvalue weighted by Crippen LogP contribution is 2.39. The number of aromatic nitrogens is 2. The molecule has 1 fully saturated rings. The number of nitrogens with zero attached hydrogens (tertiary/aromatic N) is 2. The fraction of sp³-hybridized carbons (Fsp3) is 0.333. The van der Waals surface area contributed by atoms with Gasteiger partial charge in [0.15, 0.2) is 0 Å². The lowest BCUT2D eigenvalue weighted by Gasteiger charge is -2.09. The first-order valence-corrected chi connectivity index (χ1v) is 6.47. The van der Waals surface area contributed by atoms with E-state index in [0.29, 0.717) is 11.5 Å². The number of aryl methyl sites for hydroxylation is 1. The first-order chi connectivity index (χ1) is 9.22. The Morgan fingerprint density at radius 1 is 1.58 bits per heavy atom. The van der Waals surface area contributed by atoms with Gasteiger partial charge >= 0.3 is 5.97 Å². The molecule has 0 aromatic carbocycles. The Balaban J connectivity index is 2.06. The van der Waals surface area contributed by atoms with Crippen LogP contribution in [0.4, 0.5) is 0 Å². The summed E-state index contributed by atoms with van der Waals surface area (Å²) in [4.78, 5) is 16.5. The monoisotopic (exact) mass is 256 g/mol. The van der Waals surface area contributed by atoms with E-state index < -0.39 is 0 Å². The van der Waals surface area contributed by atoms with Crippen LogP contribution in [-0.4, -0.2) is 22.0 Å². The number of hydrogen-bond acceptors (Lipinski definition) is 3. The topological polar surface area (TPSA) is 43.6 Å². The molecule has 1 aliphatic rings. The molecule has 2 heterocycles. The quantitative estimate of drug-likeness (QED) is 0.624. The summed E-state index contributed by atoms with van der Waals surface area (Å²) in [5, 5.41) is 0. The normalized spacial score (nSPS) is 14.6. The number of imidazole rings is 1. The van der Waals surface area contributed by atoms with Gasteiger partial charge in [0.1, 0.15) is 12.4 Å². The number of hydrogen-bond donors (Lipinski definition) is 0. The molecule has 0 N–H and O–H groups in total. The maximum Gasteiger partial charge on any atom is 0.340 e. The second-order valence-corrected chi connectivity index (χ2v) is 4.87. The van der Waals surface area contributed by atoms with Crippen molar-refractivity contribution in [3.05, 3.63) is 48.1 Å². The van der Waals surface area contributed by atoms with E-state index in [1.165, 1.54) is 12.8 Å². The third-order valence-electron chi connectivity index (χ3n) is 3.46. The predicted molar refractivity (Wildman–Crippen MR) is 72.4 cm³/mol. The van der Waals surface area contributed by atoms with Crippen molar-refractivity contribution in [2.45, 2.75) is 25.7 Å². The van der Waals surface area contributed by atoms with Gasteiger partial charge in [-0.05, 0) is 31.9 Å². The van der Waals surface area contributed by atoms with Gasteiger partial charge in [0, 0.05) is 11.6 Å². The Hall–Kier alpha value is -2.10. The maximum atomic E-state index is 12.0. The van der Waals surface area contributed by atoms with Crippen LogP contribution in [0.1, 0.15) is 40.6 Å². The van der Waals surface area contributed by atoms with Crippen molar-refractivity contribution in [1.82, 2.24) is 9.38 Å². The Morgan fingerprint density at radius 2 is 2.37 bits per heavy atom. The minimum absolute atomic E-state index is 0.232. The molecule has 0 bridgehead atoms.